The number of carbonyl (C=O) groups excluding carboxylic acids is 1. The molecule has 4 nitrogen and oxygen atoms in total. The van der Waals surface area contributed by atoms with Gasteiger partial charge in [-0.05, 0) is 46.5 Å². The van der Waals surface area contributed by atoms with Gasteiger partial charge in [0.15, 0.2) is 5.78 Å². The molecule has 0 amide bonds. The van der Waals surface area contributed by atoms with E-state index in [1.807, 2.05) is 18.5 Å². The summed E-state index contributed by atoms with van der Waals surface area (Å²) in [5.41, 5.74) is 2.62. The van der Waals surface area contributed by atoms with Crippen molar-refractivity contribution in [1.82, 2.24) is 9.78 Å². The highest BCUT2D eigenvalue weighted by molar-refractivity contribution is 5.96. The molecule has 2 rings (SSSR count). The Morgan fingerprint density at radius 1 is 1.50 bits per heavy atom. The number of ketones is 1. The average molecular weight is 250 g/mol. The van der Waals surface area contributed by atoms with E-state index in [1.165, 1.54) is 12.8 Å². The molecule has 0 radical (unpaired) electrons. The standard InChI is InChI=1S/C14H22N2O2/c1-10-14(12(3)17)11(2)16(15-10)8-4-6-13-7-5-9-18-13/h13H,4-9H2,1-3H3. The minimum absolute atomic E-state index is 0.107. The van der Waals surface area contributed by atoms with Crippen molar-refractivity contribution >= 4 is 5.78 Å². The molecular formula is C14H22N2O2. The minimum Gasteiger partial charge on any atom is -0.378 e. The topological polar surface area (TPSA) is 44.1 Å². The van der Waals surface area contributed by atoms with Crippen molar-refractivity contribution in [2.45, 2.75) is 59.1 Å². The lowest BCUT2D eigenvalue weighted by Crippen LogP contribution is -2.09. The van der Waals surface area contributed by atoms with Crippen LogP contribution in [0.3, 0.4) is 0 Å². The van der Waals surface area contributed by atoms with Crippen molar-refractivity contribution in [2.24, 2.45) is 0 Å². The van der Waals surface area contributed by atoms with Crippen molar-refractivity contribution in [1.29, 1.82) is 0 Å². The Labute approximate surface area is 108 Å². The van der Waals surface area contributed by atoms with Gasteiger partial charge in [0.1, 0.15) is 0 Å². The van der Waals surface area contributed by atoms with Gasteiger partial charge in [0.2, 0.25) is 0 Å². The first-order valence-corrected chi connectivity index (χ1v) is 6.76. The van der Waals surface area contributed by atoms with E-state index in [4.69, 9.17) is 4.74 Å². The minimum atomic E-state index is 0.107. The Morgan fingerprint density at radius 2 is 2.28 bits per heavy atom. The lowest BCUT2D eigenvalue weighted by Gasteiger charge is -2.09. The number of hydrogen-bond donors (Lipinski definition) is 0. The number of Topliss-reactive ketones (excluding diaryl/α,β-unsaturated/α-hetero) is 1. The molecule has 0 saturated carbocycles. The van der Waals surface area contributed by atoms with Crippen LogP contribution in [-0.4, -0.2) is 28.3 Å². The number of ether oxygens (including phenoxy) is 1. The molecule has 0 aromatic carbocycles. The fourth-order valence-corrected chi connectivity index (χ4v) is 2.76. The van der Waals surface area contributed by atoms with Crippen molar-refractivity contribution in [3.8, 4) is 0 Å². The molecule has 1 fully saturated rings. The molecule has 1 aliphatic rings. The summed E-state index contributed by atoms with van der Waals surface area (Å²) in [6, 6.07) is 0. The van der Waals surface area contributed by atoms with Gasteiger partial charge in [-0.25, -0.2) is 0 Å². The highest BCUT2D eigenvalue weighted by Gasteiger charge is 2.17. The van der Waals surface area contributed by atoms with Gasteiger partial charge in [-0.15, -0.1) is 0 Å². The third kappa shape index (κ3) is 2.80. The summed E-state index contributed by atoms with van der Waals surface area (Å²) in [4.78, 5) is 11.5. The smallest absolute Gasteiger partial charge is 0.163 e. The van der Waals surface area contributed by atoms with Crippen LogP contribution >= 0.6 is 0 Å². The Balaban J connectivity index is 1.93. The second kappa shape index (κ2) is 5.65. The van der Waals surface area contributed by atoms with E-state index >= 15 is 0 Å². The van der Waals surface area contributed by atoms with Crippen molar-refractivity contribution in [2.75, 3.05) is 6.61 Å². The maximum atomic E-state index is 11.5. The average Bonchev–Trinajstić information content (AvgIpc) is 2.88. The molecule has 18 heavy (non-hydrogen) atoms. The number of carbonyl (C=O) groups is 1. The van der Waals surface area contributed by atoms with E-state index in [0.717, 1.165) is 42.9 Å². The maximum Gasteiger partial charge on any atom is 0.163 e. The van der Waals surface area contributed by atoms with Crippen LogP contribution in [0.4, 0.5) is 0 Å². The van der Waals surface area contributed by atoms with E-state index < -0.39 is 0 Å². The zero-order valence-electron chi connectivity index (χ0n) is 11.5. The van der Waals surface area contributed by atoms with E-state index in [9.17, 15) is 4.79 Å². The first-order chi connectivity index (χ1) is 8.59. The fraction of sp³-hybridized carbons (Fsp3) is 0.714. The zero-order valence-corrected chi connectivity index (χ0v) is 11.5. The lowest BCUT2D eigenvalue weighted by atomic mass is 10.1. The number of aryl methyl sites for hydroxylation is 2. The summed E-state index contributed by atoms with van der Waals surface area (Å²) in [5, 5.41) is 4.45. The quantitative estimate of drug-likeness (QED) is 0.755. The van der Waals surface area contributed by atoms with Gasteiger partial charge >= 0.3 is 0 Å². The fourth-order valence-electron chi connectivity index (χ4n) is 2.76. The molecule has 0 N–H and O–H groups in total. The molecule has 0 aliphatic carbocycles. The third-order valence-electron chi connectivity index (χ3n) is 3.65. The molecule has 2 heterocycles. The highest BCUT2D eigenvalue weighted by Crippen LogP contribution is 2.18. The molecule has 1 aliphatic heterocycles. The largest absolute Gasteiger partial charge is 0.378 e. The van der Waals surface area contributed by atoms with Gasteiger partial charge < -0.3 is 4.74 Å². The first-order valence-electron chi connectivity index (χ1n) is 6.76. The van der Waals surface area contributed by atoms with Crippen LogP contribution in [0, 0.1) is 13.8 Å². The van der Waals surface area contributed by atoms with E-state index in [0.29, 0.717) is 6.10 Å². The summed E-state index contributed by atoms with van der Waals surface area (Å²) < 4.78 is 7.56. The van der Waals surface area contributed by atoms with Crippen molar-refractivity contribution in [3.05, 3.63) is 17.0 Å². The van der Waals surface area contributed by atoms with Crippen molar-refractivity contribution < 1.29 is 9.53 Å². The van der Waals surface area contributed by atoms with Crippen LogP contribution in [0.15, 0.2) is 0 Å². The number of nitrogens with zero attached hydrogens (tertiary/aromatic N) is 2. The summed E-state index contributed by atoms with van der Waals surface area (Å²) in [5.74, 6) is 0.107. The van der Waals surface area contributed by atoms with E-state index in [1.54, 1.807) is 6.92 Å². The zero-order chi connectivity index (χ0) is 13.1. The van der Waals surface area contributed by atoms with Crippen LogP contribution in [-0.2, 0) is 11.3 Å². The second-order valence-electron chi connectivity index (χ2n) is 5.10. The van der Waals surface area contributed by atoms with Crippen LogP contribution in [0.5, 0.6) is 0 Å². The molecule has 0 bridgehead atoms. The summed E-state index contributed by atoms with van der Waals surface area (Å²) in [6.07, 6.45) is 4.97. The summed E-state index contributed by atoms with van der Waals surface area (Å²) >= 11 is 0. The van der Waals surface area contributed by atoms with Crippen LogP contribution in [0.25, 0.3) is 0 Å². The summed E-state index contributed by atoms with van der Waals surface area (Å²) in [6.45, 7) is 7.27. The Hall–Kier alpha value is -1.16. The predicted molar refractivity (Wildman–Crippen MR) is 69.9 cm³/mol. The van der Waals surface area contributed by atoms with Gasteiger partial charge in [0.25, 0.3) is 0 Å². The normalized spacial score (nSPS) is 19.4. The SMILES string of the molecule is CC(=O)c1c(C)nn(CCCC2CCCO2)c1C. The van der Waals surface area contributed by atoms with Gasteiger partial charge in [-0.1, -0.05) is 0 Å². The Bertz CT molecular complexity index is 431. The number of hydrogen-bond acceptors (Lipinski definition) is 3. The molecule has 1 aromatic rings. The molecule has 4 heteroatoms. The monoisotopic (exact) mass is 250 g/mol. The van der Waals surface area contributed by atoms with E-state index in [2.05, 4.69) is 5.10 Å². The van der Waals surface area contributed by atoms with Crippen LogP contribution < -0.4 is 0 Å². The maximum absolute atomic E-state index is 11.5. The molecule has 1 aromatic heterocycles. The Kier molecular flexibility index (Phi) is 4.17. The highest BCUT2D eigenvalue weighted by atomic mass is 16.5. The van der Waals surface area contributed by atoms with Gasteiger partial charge in [0.05, 0.1) is 17.4 Å². The lowest BCUT2D eigenvalue weighted by molar-refractivity contribution is 0.100. The first kappa shape index (κ1) is 13.3. The predicted octanol–water partition coefficient (Wildman–Crippen LogP) is 2.66. The van der Waals surface area contributed by atoms with Gasteiger partial charge in [-0.2, -0.15) is 5.10 Å². The summed E-state index contributed by atoms with van der Waals surface area (Å²) in [7, 11) is 0. The number of aromatic nitrogens is 2. The van der Waals surface area contributed by atoms with Gasteiger partial charge in [0, 0.05) is 18.8 Å². The molecule has 100 valence electrons. The molecule has 0 spiro atoms. The van der Waals surface area contributed by atoms with Gasteiger partial charge in [-0.3, -0.25) is 9.48 Å². The van der Waals surface area contributed by atoms with Crippen molar-refractivity contribution in [3.63, 3.8) is 0 Å². The van der Waals surface area contributed by atoms with E-state index in [-0.39, 0.29) is 5.78 Å². The third-order valence-corrected chi connectivity index (χ3v) is 3.65. The molecular weight excluding hydrogens is 228 g/mol. The molecule has 1 atom stereocenters. The Morgan fingerprint density at radius 3 is 2.83 bits per heavy atom. The second-order valence-corrected chi connectivity index (χ2v) is 5.10. The molecule has 1 unspecified atom stereocenters. The van der Waals surface area contributed by atoms with Crippen LogP contribution in [0.1, 0.15) is 54.4 Å². The molecule has 1 saturated heterocycles. The number of rotatable bonds is 5. The van der Waals surface area contributed by atoms with Crippen LogP contribution in [0.2, 0.25) is 0 Å².